The lowest BCUT2D eigenvalue weighted by molar-refractivity contribution is -0.380. The molecule has 0 atom stereocenters. The van der Waals surface area contributed by atoms with Gasteiger partial charge in [-0.15, -0.1) is 0 Å². The summed E-state index contributed by atoms with van der Waals surface area (Å²) in [6, 6.07) is 11.0. The predicted octanol–water partition coefficient (Wildman–Crippen LogP) is 4.81. The van der Waals surface area contributed by atoms with Gasteiger partial charge in [-0.1, -0.05) is 48.9 Å². The molecule has 0 spiro atoms. The Hall–Kier alpha value is -2.01. The van der Waals surface area contributed by atoms with Gasteiger partial charge in [-0.3, -0.25) is 14.9 Å². The average molecular weight is 317 g/mol. The zero-order valence-corrected chi connectivity index (χ0v) is 13.4. The second kappa shape index (κ2) is 7.84. The van der Waals surface area contributed by atoms with Gasteiger partial charge >= 0.3 is 5.00 Å². The Bertz CT molecular complexity index is 646. The van der Waals surface area contributed by atoms with Gasteiger partial charge in [0.25, 0.3) is 0 Å². The van der Waals surface area contributed by atoms with Crippen LogP contribution in [0.15, 0.2) is 36.4 Å². The number of hydrogen-bond acceptors (Lipinski definition) is 4. The van der Waals surface area contributed by atoms with Crippen molar-refractivity contribution in [2.24, 2.45) is 0 Å². The molecule has 0 fully saturated rings. The van der Waals surface area contributed by atoms with Gasteiger partial charge < -0.3 is 0 Å². The van der Waals surface area contributed by atoms with Crippen LogP contribution in [0.4, 0.5) is 5.00 Å². The zero-order chi connectivity index (χ0) is 15.9. The molecule has 0 aliphatic heterocycles. The molecule has 0 N–H and O–H groups in total. The maximum atomic E-state index is 12.2. The van der Waals surface area contributed by atoms with Crippen LogP contribution in [0.5, 0.6) is 0 Å². The van der Waals surface area contributed by atoms with E-state index in [1.807, 2.05) is 24.3 Å². The fourth-order valence-corrected chi connectivity index (χ4v) is 3.04. The number of aryl methyl sites for hydroxylation is 2. The molecule has 0 radical (unpaired) electrons. The molecule has 1 aromatic heterocycles. The van der Waals surface area contributed by atoms with E-state index in [1.165, 1.54) is 11.6 Å². The lowest BCUT2D eigenvalue weighted by Crippen LogP contribution is -2.00. The van der Waals surface area contributed by atoms with E-state index in [4.69, 9.17) is 0 Å². The Morgan fingerprint density at radius 3 is 2.45 bits per heavy atom. The standard InChI is InChI=1S/C17H19NO3S/c1-2-3-4-13-5-7-14(8-6-13)16(19)11-9-15-10-12-17(22-15)18(20)21/h5-8,10,12H,2-4,9,11H2,1H3. The summed E-state index contributed by atoms with van der Waals surface area (Å²) >= 11 is 1.14. The Morgan fingerprint density at radius 2 is 1.86 bits per heavy atom. The Labute approximate surface area is 133 Å². The van der Waals surface area contributed by atoms with Crippen LogP contribution < -0.4 is 0 Å². The normalized spacial score (nSPS) is 10.6. The number of rotatable bonds is 8. The van der Waals surface area contributed by atoms with Gasteiger partial charge in [-0.05, 0) is 30.9 Å². The first-order chi connectivity index (χ1) is 10.6. The molecule has 0 unspecified atom stereocenters. The van der Waals surface area contributed by atoms with Gasteiger partial charge in [0.05, 0.1) is 4.92 Å². The maximum absolute atomic E-state index is 12.2. The van der Waals surface area contributed by atoms with E-state index >= 15 is 0 Å². The van der Waals surface area contributed by atoms with Crippen molar-refractivity contribution < 1.29 is 9.72 Å². The Kier molecular flexibility index (Phi) is 5.83. The molecule has 22 heavy (non-hydrogen) atoms. The molecule has 0 aliphatic rings. The summed E-state index contributed by atoms with van der Waals surface area (Å²) < 4.78 is 0. The molecule has 1 aromatic carbocycles. The summed E-state index contributed by atoms with van der Waals surface area (Å²) in [7, 11) is 0. The molecule has 0 aliphatic carbocycles. The number of hydrogen-bond donors (Lipinski definition) is 0. The third-order valence-electron chi connectivity index (χ3n) is 3.52. The van der Waals surface area contributed by atoms with E-state index in [2.05, 4.69) is 6.92 Å². The zero-order valence-electron chi connectivity index (χ0n) is 12.6. The second-order valence-electron chi connectivity index (χ2n) is 5.22. The molecule has 0 saturated heterocycles. The van der Waals surface area contributed by atoms with Gasteiger partial charge in [0.2, 0.25) is 0 Å². The number of nitro groups is 1. The summed E-state index contributed by atoms with van der Waals surface area (Å²) in [6.07, 6.45) is 4.29. The Morgan fingerprint density at radius 1 is 1.14 bits per heavy atom. The number of thiophene rings is 1. The quantitative estimate of drug-likeness (QED) is 0.398. The first-order valence-electron chi connectivity index (χ1n) is 7.45. The molecule has 2 rings (SSSR count). The number of ketones is 1. The summed E-state index contributed by atoms with van der Waals surface area (Å²) in [5.41, 5.74) is 1.97. The van der Waals surface area contributed by atoms with E-state index in [-0.39, 0.29) is 10.8 Å². The molecule has 116 valence electrons. The summed E-state index contributed by atoms with van der Waals surface area (Å²) in [4.78, 5) is 23.3. The summed E-state index contributed by atoms with van der Waals surface area (Å²) in [6.45, 7) is 2.16. The third kappa shape index (κ3) is 4.49. The molecule has 0 bridgehead atoms. The minimum atomic E-state index is -0.398. The van der Waals surface area contributed by atoms with Crippen LogP contribution in [0.25, 0.3) is 0 Å². The number of nitrogens with zero attached hydrogens (tertiary/aromatic N) is 1. The number of carbonyl (C=O) groups excluding carboxylic acids is 1. The fraction of sp³-hybridized carbons (Fsp3) is 0.353. The second-order valence-corrected chi connectivity index (χ2v) is 6.37. The van der Waals surface area contributed by atoms with Gasteiger partial charge in [-0.2, -0.15) is 0 Å². The first-order valence-corrected chi connectivity index (χ1v) is 8.27. The summed E-state index contributed by atoms with van der Waals surface area (Å²) in [5.74, 6) is 0.0816. The minimum absolute atomic E-state index is 0.0816. The highest BCUT2D eigenvalue weighted by molar-refractivity contribution is 7.15. The SMILES string of the molecule is CCCCc1ccc(C(=O)CCc2ccc([N+](=O)[O-])s2)cc1. The van der Waals surface area contributed by atoms with Crippen LogP contribution in [0, 0.1) is 10.1 Å². The molecule has 0 amide bonds. The van der Waals surface area contributed by atoms with Crippen LogP contribution >= 0.6 is 11.3 Å². The lowest BCUT2D eigenvalue weighted by Gasteiger charge is -2.03. The van der Waals surface area contributed by atoms with Crippen molar-refractivity contribution in [1.82, 2.24) is 0 Å². The van der Waals surface area contributed by atoms with Gasteiger partial charge in [-0.25, -0.2) is 0 Å². The monoisotopic (exact) mass is 317 g/mol. The van der Waals surface area contributed by atoms with Gasteiger partial charge in [0.1, 0.15) is 0 Å². The summed E-state index contributed by atoms with van der Waals surface area (Å²) in [5, 5.41) is 10.8. The Balaban J connectivity index is 1.89. The van der Waals surface area contributed by atoms with Crippen LogP contribution in [0.1, 0.15) is 47.0 Å². The molecule has 1 heterocycles. The molecule has 4 nitrogen and oxygen atoms in total. The molecular formula is C17H19NO3S. The first kappa shape index (κ1) is 16.4. The molecular weight excluding hydrogens is 298 g/mol. The highest BCUT2D eigenvalue weighted by Crippen LogP contribution is 2.25. The smallest absolute Gasteiger partial charge is 0.294 e. The van der Waals surface area contributed by atoms with Crippen molar-refractivity contribution in [2.45, 2.75) is 39.0 Å². The van der Waals surface area contributed by atoms with Crippen LogP contribution in [0.2, 0.25) is 0 Å². The van der Waals surface area contributed by atoms with Crippen molar-refractivity contribution in [3.8, 4) is 0 Å². The minimum Gasteiger partial charge on any atom is -0.294 e. The van der Waals surface area contributed by atoms with Crippen LogP contribution in [0.3, 0.4) is 0 Å². The van der Waals surface area contributed by atoms with Crippen molar-refractivity contribution >= 4 is 22.1 Å². The molecule has 0 saturated carbocycles. The highest BCUT2D eigenvalue weighted by Gasteiger charge is 2.12. The van der Waals surface area contributed by atoms with Crippen molar-refractivity contribution in [2.75, 3.05) is 0 Å². The average Bonchev–Trinajstić information content (AvgIpc) is 3.00. The number of carbonyl (C=O) groups is 1. The van der Waals surface area contributed by atoms with E-state index in [9.17, 15) is 14.9 Å². The van der Waals surface area contributed by atoms with Crippen LogP contribution in [-0.4, -0.2) is 10.7 Å². The van der Waals surface area contributed by atoms with E-state index in [0.717, 1.165) is 35.5 Å². The fourth-order valence-electron chi connectivity index (χ4n) is 2.22. The van der Waals surface area contributed by atoms with E-state index in [1.54, 1.807) is 6.07 Å². The number of Topliss-reactive ketones (excluding diaryl/α,β-unsaturated/α-hetero) is 1. The highest BCUT2D eigenvalue weighted by atomic mass is 32.1. The number of unbranched alkanes of at least 4 members (excludes halogenated alkanes) is 1. The molecule has 5 heteroatoms. The van der Waals surface area contributed by atoms with Crippen molar-refractivity contribution in [3.63, 3.8) is 0 Å². The predicted molar refractivity (Wildman–Crippen MR) is 88.7 cm³/mol. The van der Waals surface area contributed by atoms with Gasteiger partial charge in [0, 0.05) is 22.9 Å². The lowest BCUT2D eigenvalue weighted by atomic mass is 10.0. The van der Waals surface area contributed by atoms with Crippen molar-refractivity contribution in [1.29, 1.82) is 0 Å². The molecule has 2 aromatic rings. The van der Waals surface area contributed by atoms with Crippen LogP contribution in [-0.2, 0) is 12.8 Å². The number of benzene rings is 1. The topological polar surface area (TPSA) is 60.2 Å². The maximum Gasteiger partial charge on any atom is 0.324 e. The third-order valence-corrected chi connectivity index (χ3v) is 4.62. The van der Waals surface area contributed by atoms with Crippen molar-refractivity contribution in [3.05, 3.63) is 62.5 Å². The largest absolute Gasteiger partial charge is 0.324 e. The van der Waals surface area contributed by atoms with E-state index in [0.29, 0.717) is 18.4 Å². The van der Waals surface area contributed by atoms with E-state index < -0.39 is 4.92 Å². The van der Waals surface area contributed by atoms with Gasteiger partial charge in [0.15, 0.2) is 5.78 Å².